The first-order valence-corrected chi connectivity index (χ1v) is 11.2. The fourth-order valence-electron chi connectivity index (χ4n) is 2.68. The minimum absolute atomic E-state index is 0.203. The van der Waals surface area contributed by atoms with Crippen molar-refractivity contribution in [1.82, 2.24) is 5.43 Å². The fourth-order valence-corrected chi connectivity index (χ4v) is 3.10. The number of nitrogens with zero attached hydrogens (tertiary/aromatic N) is 1. The van der Waals surface area contributed by atoms with Crippen LogP contribution in [-0.4, -0.2) is 30.6 Å². The Kier molecular flexibility index (Phi) is 9.08. The van der Waals surface area contributed by atoms with Crippen LogP contribution in [0.15, 0.2) is 65.8 Å². The normalized spacial score (nSPS) is 10.6. The van der Waals surface area contributed by atoms with Crippen LogP contribution in [-0.2, 0) is 9.59 Å². The van der Waals surface area contributed by atoms with Gasteiger partial charge >= 0.3 is 17.8 Å². The smallest absolute Gasteiger partial charge is 0.343 e. The molecule has 180 valence electrons. The molecule has 2 amide bonds. The molecule has 0 fully saturated rings. The zero-order chi connectivity index (χ0) is 25.4. The first-order chi connectivity index (χ1) is 16.8. The summed E-state index contributed by atoms with van der Waals surface area (Å²) in [7, 11) is 0. The first-order valence-electron chi connectivity index (χ1n) is 10.1. The molecule has 2 N–H and O–H groups in total. The van der Waals surface area contributed by atoms with Gasteiger partial charge in [-0.25, -0.2) is 10.2 Å². The molecular weight excluding hydrogens is 517 g/mol. The Morgan fingerprint density at radius 2 is 1.63 bits per heavy atom. The second-order valence-electron chi connectivity index (χ2n) is 6.82. The number of benzene rings is 3. The van der Waals surface area contributed by atoms with Gasteiger partial charge in [0.1, 0.15) is 0 Å². The Bertz CT molecular complexity index is 1280. The predicted octanol–water partition coefficient (Wildman–Crippen LogP) is 5.35. The van der Waals surface area contributed by atoms with Crippen molar-refractivity contribution in [2.75, 3.05) is 11.9 Å². The number of anilines is 1. The number of hydrogen-bond acceptors (Lipinski definition) is 6. The number of carbonyl (C=O) groups excluding carboxylic acids is 3. The van der Waals surface area contributed by atoms with E-state index < -0.39 is 17.8 Å². The Morgan fingerprint density at radius 1 is 0.886 bits per heavy atom. The summed E-state index contributed by atoms with van der Waals surface area (Å²) in [5.41, 5.74) is 3.27. The van der Waals surface area contributed by atoms with Crippen molar-refractivity contribution in [3.63, 3.8) is 0 Å². The molecule has 0 aliphatic heterocycles. The number of halogens is 3. The van der Waals surface area contributed by atoms with Gasteiger partial charge in [0, 0.05) is 10.7 Å². The first kappa shape index (κ1) is 26.0. The van der Waals surface area contributed by atoms with E-state index in [2.05, 4.69) is 15.8 Å². The standard InChI is InChI=1S/C24H18Cl3N3O5/c1-2-34-21-11-14(3-10-20(21)35-24(33)15-4-6-16(25)7-5-15)13-28-30-23(32)22(31)29-17-8-9-18(26)19(27)12-17/h3-13H,2H2,1H3,(H,29,31)(H,30,32)/b28-13-. The van der Waals surface area contributed by atoms with Gasteiger partial charge in [0.15, 0.2) is 11.5 Å². The number of rotatable bonds is 7. The third-order valence-corrected chi connectivity index (χ3v) is 5.30. The molecule has 0 aromatic heterocycles. The summed E-state index contributed by atoms with van der Waals surface area (Å²) < 4.78 is 11.0. The van der Waals surface area contributed by atoms with Gasteiger partial charge in [-0.2, -0.15) is 5.10 Å². The van der Waals surface area contributed by atoms with E-state index in [0.29, 0.717) is 39.2 Å². The molecule has 0 bridgehead atoms. The van der Waals surface area contributed by atoms with Crippen LogP contribution in [0, 0.1) is 0 Å². The highest BCUT2D eigenvalue weighted by Gasteiger charge is 2.15. The molecule has 0 aliphatic rings. The molecule has 3 aromatic rings. The van der Waals surface area contributed by atoms with E-state index in [4.69, 9.17) is 44.3 Å². The molecule has 35 heavy (non-hydrogen) atoms. The van der Waals surface area contributed by atoms with Gasteiger partial charge in [-0.1, -0.05) is 34.8 Å². The second-order valence-corrected chi connectivity index (χ2v) is 8.07. The van der Waals surface area contributed by atoms with E-state index in [0.717, 1.165) is 0 Å². The molecule has 8 nitrogen and oxygen atoms in total. The van der Waals surface area contributed by atoms with Crippen molar-refractivity contribution in [3.8, 4) is 11.5 Å². The van der Waals surface area contributed by atoms with Gasteiger partial charge < -0.3 is 14.8 Å². The lowest BCUT2D eigenvalue weighted by atomic mass is 10.2. The summed E-state index contributed by atoms with van der Waals surface area (Å²) in [5.74, 6) is -2.02. The average Bonchev–Trinajstić information content (AvgIpc) is 2.83. The SMILES string of the molecule is CCOc1cc(/C=N\NC(=O)C(=O)Nc2ccc(Cl)c(Cl)c2)ccc1OC(=O)c1ccc(Cl)cc1. The van der Waals surface area contributed by atoms with E-state index >= 15 is 0 Å². The van der Waals surface area contributed by atoms with Crippen LogP contribution in [0.3, 0.4) is 0 Å². The molecule has 11 heteroatoms. The molecule has 0 heterocycles. The summed E-state index contributed by atoms with van der Waals surface area (Å²) in [6, 6.07) is 15.4. The number of esters is 1. The van der Waals surface area contributed by atoms with Crippen LogP contribution in [0.5, 0.6) is 11.5 Å². The number of hydrazone groups is 1. The van der Waals surface area contributed by atoms with Crippen LogP contribution in [0.4, 0.5) is 5.69 Å². The monoisotopic (exact) mass is 533 g/mol. The van der Waals surface area contributed by atoms with Crippen LogP contribution in [0.2, 0.25) is 15.1 Å². The predicted molar refractivity (Wildman–Crippen MR) is 135 cm³/mol. The van der Waals surface area contributed by atoms with E-state index in [-0.39, 0.29) is 10.8 Å². The van der Waals surface area contributed by atoms with E-state index in [1.54, 1.807) is 43.3 Å². The number of carbonyl (C=O) groups is 3. The van der Waals surface area contributed by atoms with E-state index in [1.165, 1.54) is 30.5 Å². The molecule has 0 saturated carbocycles. The highest BCUT2D eigenvalue weighted by Crippen LogP contribution is 2.29. The summed E-state index contributed by atoms with van der Waals surface area (Å²) >= 11 is 17.6. The maximum Gasteiger partial charge on any atom is 0.343 e. The van der Waals surface area contributed by atoms with Crippen molar-refractivity contribution in [2.24, 2.45) is 5.10 Å². The summed E-state index contributed by atoms with van der Waals surface area (Å²) in [6.45, 7) is 2.09. The maximum absolute atomic E-state index is 12.4. The Labute approximate surface area is 215 Å². The zero-order valence-electron chi connectivity index (χ0n) is 18.2. The maximum atomic E-state index is 12.4. The lowest BCUT2D eigenvalue weighted by molar-refractivity contribution is -0.136. The topological polar surface area (TPSA) is 106 Å². The fraction of sp³-hybridized carbons (Fsp3) is 0.0833. The lowest BCUT2D eigenvalue weighted by Gasteiger charge is -2.11. The Balaban J connectivity index is 1.63. The summed E-state index contributed by atoms with van der Waals surface area (Å²) in [5, 5.41) is 7.20. The van der Waals surface area contributed by atoms with Crippen LogP contribution in [0.25, 0.3) is 0 Å². The van der Waals surface area contributed by atoms with Crippen LogP contribution < -0.4 is 20.2 Å². The van der Waals surface area contributed by atoms with Gasteiger partial charge in [-0.3, -0.25) is 9.59 Å². The van der Waals surface area contributed by atoms with Crippen molar-refractivity contribution in [1.29, 1.82) is 0 Å². The van der Waals surface area contributed by atoms with Crippen molar-refractivity contribution in [2.45, 2.75) is 6.92 Å². The van der Waals surface area contributed by atoms with Crippen LogP contribution >= 0.6 is 34.8 Å². The third-order valence-electron chi connectivity index (χ3n) is 4.31. The highest BCUT2D eigenvalue weighted by molar-refractivity contribution is 6.43. The number of hydrogen-bond donors (Lipinski definition) is 2. The van der Waals surface area contributed by atoms with Crippen molar-refractivity contribution < 1.29 is 23.9 Å². The van der Waals surface area contributed by atoms with Gasteiger partial charge in [0.25, 0.3) is 0 Å². The molecular formula is C24H18Cl3N3O5. The highest BCUT2D eigenvalue weighted by atomic mass is 35.5. The molecule has 0 aliphatic carbocycles. The molecule has 0 spiro atoms. The largest absolute Gasteiger partial charge is 0.490 e. The van der Waals surface area contributed by atoms with Gasteiger partial charge in [0.05, 0.1) is 28.4 Å². The quantitative estimate of drug-likeness (QED) is 0.140. The minimum Gasteiger partial charge on any atom is -0.490 e. The van der Waals surface area contributed by atoms with Gasteiger partial charge in [-0.05, 0) is 73.2 Å². The summed E-state index contributed by atoms with van der Waals surface area (Å²) in [6.07, 6.45) is 1.30. The molecule has 3 aromatic carbocycles. The molecule has 0 unspecified atom stereocenters. The zero-order valence-corrected chi connectivity index (χ0v) is 20.4. The van der Waals surface area contributed by atoms with Crippen molar-refractivity contribution in [3.05, 3.63) is 86.9 Å². The average molecular weight is 535 g/mol. The molecule has 0 atom stereocenters. The third kappa shape index (κ3) is 7.45. The summed E-state index contributed by atoms with van der Waals surface area (Å²) in [4.78, 5) is 36.4. The Morgan fingerprint density at radius 3 is 2.31 bits per heavy atom. The minimum atomic E-state index is -0.995. The lowest BCUT2D eigenvalue weighted by Crippen LogP contribution is -2.32. The molecule has 3 rings (SSSR count). The van der Waals surface area contributed by atoms with Crippen molar-refractivity contribution >= 4 is 64.5 Å². The van der Waals surface area contributed by atoms with Gasteiger partial charge in [0.2, 0.25) is 0 Å². The second kappa shape index (κ2) is 12.2. The number of nitrogens with one attached hydrogen (secondary N) is 2. The van der Waals surface area contributed by atoms with Crippen LogP contribution in [0.1, 0.15) is 22.8 Å². The molecule has 0 radical (unpaired) electrons. The van der Waals surface area contributed by atoms with E-state index in [9.17, 15) is 14.4 Å². The Hall–Kier alpha value is -3.59. The number of ether oxygens (including phenoxy) is 2. The molecule has 0 saturated heterocycles. The van der Waals surface area contributed by atoms with Gasteiger partial charge in [-0.15, -0.1) is 0 Å². The number of amides is 2. The van der Waals surface area contributed by atoms with E-state index in [1.807, 2.05) is 0 Å².